The van der Waals surface area contributed by atoms with Crippen LogP contribution < -0.4 is 5.73 Å². The zero-order valence-corrected chi connectivity index (χ0v) is 7.07. The van der Waals surface area contributed by atoms with Crippen LogP contribution in [-0.2, 0) is 6.42 Å². The van der Waals surface area contributed by atoms with Crippen LogP contribution in [0.5, 0.6) is 5.75 Å². The van der Waals surface area contributed by atoms with Crippen LogP contribution in [0.4, 0.5) is 4.39 Å². The molecule has 0 bridgehead atoms. The molecule has 0 saturated carbocycles. The van der Waals surface area contributed by atoms with Gasteiger partial charge in [-0.3, -0.25) is 0 Å². The Morgan fingerprint density at radius 1 is 1.46 bits per heavy atom. The highest BCUT2D eigenvalue weighted by Gasteiger charge is 2.07. The van der Waals surface area contributed by atoms with Crippen molar-refractivity contribution in [3.63, 3.8) is 0 Å². The van der Waals surface area contributed by atoms with Gasteiger partial charge in [-0.15, -0.1) is 0 Å². The minimum atomic E-state index is -0.496. The van der Waals surface area contributed by atoms with Gasteiger partial charge in [-0.2, -0.15) is 0 Å². The molecule has 1 aromatic rings. The minimum absolute atomic E-state index is 0.112. The van der Waals surface area contributed by atoms with E-state index in [0.29, 0.717) is 5.56 Å². The highest BCUT2D eigenvalue weighted by Crippen LogP contribution is 2.15. The van der Waals surface area contributed by atoms with Gasteiger partial charge < -0.3 is 15.9 Å². The summed E-state index contributed by atoms with van der Waals surface area (Å²) in [5.41, 5.74) is 5.83. The standard InChI is InChI=1S/C9H12FNO2/c10-9-4-8(13)2-1-6(9)3-7(11)5-12/h1-2,4,7,12-13H,3,5,11H2. The highest BCUT2D eigenvalue weighted by atomic mass is 19.1. The Kier molecular flexibility index (Phi) is 3.22. The van der Waals surface area contributed by atoms with Gasteiger partial charge in [0.15, 0.2) is 0 Å². The summed E-state index contributed by atoms with van der Waals surface area (Å²) in [6.45, 7) is -0.180. The monoisotopic (exact) mass is 185 g/mol. The molecule has 1 atom stereocenters. The van der Waals surface area contributed by atoms with Crippen LogP contribution in [0.25, 0.3) is 0 Å². The molecule has 0 aromatic heterocycles. The average molecular weight is 185 g/mol. The summed E-state index contributed by atoms with van der Waals surface area (Å²) >= 11 is 0. The number of benzene rings is 1. The Labute approximate surface area is 75.6 Å². The van der Waals surface area contributed by atoms with Gasteiger partial charge in [0.05, 0.1) is 6.61 Å². The largest absolute Gasteiger partial charge is 0.508 e. The molecule has 0 fully saturated rings. The van der Waals surface area contributed by atoms with Crippen molar-refractivity contribution in [2.75, 3.05) is 6.61 Å². The molecule has 3 nitrogen and oxygen atoms in total. The molecule has 1 rings (SSSR count). The van der Waals surface area contributed by atoms with Crippen molar-refractivity contribution < 1.29 is 14.6 Å². The molecular formula is C9H12FNO2. The quantitative estimate of drug-likeness (QED) is 0.638. The molecule has 0 aliphatic carbocycles. The first-order chi connectivity index (χ1) is 6.13. The van der Waals surface area contributed by atoms with Gasteiger partial charge in [0.25, 0.3) is 0 Å². The van der Waals surface area contributed by atoms with E-state index < -0.39 is 11.9 Å². The van der Waals surface area contributed by atoms with E-state index in [4.69, 9.17) is 15.9 Å². The number of halogens is 1. The lowest BCUT2D eigenvalue weighted by Crippen LogP contribution is -2.27. The lowest BCUT2D eigenvalue weighted by Gasteiger charge is -2.08. The van der Waals surface area contributed by atoms with Crippen LogP contribution in [0.3, 0.4) is 0 Å². The van der Waals surface area contributed by atoms with E-state index in [1.807, 2.05) is 0 Å². The van der Waals surface area contributed by atoms with Crippen molar-refractivity contribution in [1.29, 1.82) is 0 Å². The molecule has 0 amide bonds. The van der Waals surface area contributed by atoms with E-state index in [2.05, 4.69) is 0 Å². The van der Waals surface area contributed by atoms with Gasteiger partial charge in [-0.05, 0) is 18.1 Å². The zero-order valence-electron chi connectivity index (χ0n) is 7.07. The Hall–Kier alpha value is -1.13. The summed E-state index contributed by atoms with van der Waals surface area (Å²) in [5, 5.41) is 17.6. The maximum Gasteiger partial charge on any atom is 0.130 e. The van der Waals surface area contributed by atoms with Crippen molar-refractivity contribution in [3.8, 4) is 5.75 Å². The zero-order chi connectivity index (χ0) is 9.84. The van der Waals surface area contributed by atoms with Gasteiger partial charge in [-0.1, -0.05) is 6.07 Å². The Balaban J connectivity index is 2.77. The first-order valence-electron chi connectivity index (χ1n) is 3.97. The van der Waals surface area contributed by atoms with Crippen LogP contribution in [0.1, 0.15) is 5.56 Å². The van der Waals surface area contributed by atoms with E-state index in [1.54, 1.807) is 0 Å². The molecule has 0 spiro atoms. The maximum atomic E-state index is 13.0. The van der Waals surface area contributed by atoms with Gasteiger partial charge in [-0.25, -0.2) is 4.39 Å². The number of rotatable bonds is 3. The van der Waals surface area contributed by atoms with Crippen molar-refractivity contribution >= 4 is 0 Å². The molecular weight excluding hydrogens is 173 g/mol. The average Bonchev–Trinajstić information content (AvgIpc) is 2.09. The number of aliphatic hydroxyl groups is 1. The number of aromatic hydroxyl groups is 1. The van der Waals surface area contributed by atoms with Crippen molar-refractivity contribution in [2.24, 2.45) is 5.73 Å². The summed E-state index contributed by atoms with van der Waals surface area (Å²) in [6, 6.07) is 3.42. The van der Waals surface area contributed by atoms with Gasteiger partial charge in [0.1, 0.15) is 11.6 Å². The minimum Gasteiger partial charge on any atom is -0.508 e. The fourth-order valence-corrected chi connectivity index (χ4v) is 1.05. The fourth-order valence-electron chi connectivity index (χ4n) is 1.05. The Morgan fingerprint density at radius 3 is 2.69 bits per heavy atom. The lowest BCUT2D eigenvalue weighted by molar-refractivity contribution is 0.264. The molecule has 72 valence electrons. The maximum absolute atomic E-state index is 13.0. The van der Waals surface area contributed by atoms with Gasteiger partial charge in [0.2, 0.25) is 0 Å². The summed E-state index contributed by atoms with van der Waals surface area (Å²) in [6.07, 6.45) is 0.266. The normalized spacial score (nSPS) is 12.8. The second-order valence-corrected chi connectivity index (χ2v) is 2.92. The third-order valence-corrected chi connectivity index (χ3v) is 1.75. The molecule has 1 unspecified atom stereocenters. The van der Waals surface area contributed by atoms with Crippen molar-refractivity contribution in [1.82, 2.24) is 0 Å². The van der Waals surface area contributed by atoms with E-state index >= 15 is 0 Å². The summed E-state index contributed by atoms with van der Waals surface area (Å²) in [7, 11) is 0. The summed E-state index contributed by atoms with van der Waals surface area (Å²) < 4.78 is 13.0. The molecule has 0 heterocycles. The Morgan fingerprint density at radius 2 is 2.15 bits per heavy atom. The number of hydrogen-bond donors (Lipinski definition) is 3. The molecule has 0 radical (unpaired) electrons. The van der Waals surface area contributed by atoms with Crippen molar-refractivity contribution in [2.45, 2.75) is 12.5 Å². The predicted molar refractivity (Wildman–Crippen MR) is 46.8 cm³/mol. The third kappa shape index (κ3) is 2.68. The SMILES string of the molecule is NC(CO)Cc1ccc(O)cc1F. The first-order valence-corrected chi connectivity index (χ1v) is 3.97. The first kappa shape index (κ1) is 9.95. The topological polar surface area (TPSA) is 66.5 Å². The van der Waals surface area contributed by atoms with Crippen LogP contribution in [0.2, 0.25) is 0 Å². The molecule has 13 heavy (non-hydrogen) atoms. The number of phenolic OH excluding ortho intramolecular Hbond substituents is 1. The van der Waals surface area contributed by atoms with Crippen LogP contribution >= 0.6 is 0 Å². The molecule has 4 N–H and O–H groups in total. The summed E-state index contributed by atoms with van der Waals surface area (Å²) in [4.78, 5) is 0. The lowest BCUT2D eigenvalue weighted by atomic mass is 10.1. The smallest absolute Gasteiger partial charge is 0.130 e. The summed E-state index contributed by atoms with van der Waals surface area (Å²) in [5.74, 6) is -0.609. The number of hydrogen-bond acceptors (Lipinski definition) is 3. The van der Waals surface area contributed by atoms with Gasteiger partial charge >= 0.3 is 0 Å². The number of phenols is 1. The second kappa shape index (κ2) is 4.20. The molecule has 0 aliphatic heterocycles. The molecule has 1 aromatic carbocycles. The molecule has 4 heteroatoms. The van der Waals surface area contributed by atoms with Crippen LogP contribution in [0.15, 0.2) is 18.2 Å². The highest BCUT2D eigenvalue weighted by molar-refractivity contribution is 5.28. The van der Waals surface area contributed by atoms with E-state index in [-0.39, 0.29) is 18.8 Å². The van der Waals surface area contributed by atoms with Crippen molar-refractivity contribution in [3.05, 3.63) is 29.6 Å². The van der Waals surface area contributed by atoms with Gasteiger partial charge in [0, 0.05) is 12.1 Å². The van der Waals surface area contributed by atoms with E-state index in [1.165, 1.54) is 12.1 Å². The second-order valence-electron chi connectivity index (χ2n) is 2.92. The van der Waals surface area contributed by atoms with E-state index in [9.17, 15) is 4.39 Å². The van der Waals surface area contributed by atoms with Crippen LogP contribution in [-0.4, -0.2) is 22.9 Å². The van der Waals surface area contributed by atoms with Crippen LogP contribution in [0, 0.1) is 5.82 Å². The number of aliphatic hydroxyl groups excluding tert-OH is 1. The number of nitrogens with two attached hydrogens (primary N) is 1. The third-order valence-electron chi connectivity index (χ3n) is 1.75. The predicted octanol–water partition coefficient (Wildman–Crippen LogP) is 0.393. The Bertz CT molecular complexity index is 291. The fraction of sp³-hybridized carbons (Fsp3) is 0.333. The molecule has 0 aliphatic rings. The molecule has 0 saturated heterocycles. The van der Waals surface area contributed by atoms with E-state index in [0.717, 1.165) is 6.07 Å².